The fraction of sp³-hybridized carbons (Fsp3) is 0.364. The number of rotatable bonds is 11. The quantitative estimate of drug-likeness (QED) is 0.447. The van der Waals surface area contributed by atoms with Gasteiger partial charge in [-0.1, -0.05) is 13.8 Å². The lowest BCUT2D eigenvalue weighted by atomic mass is 10.1. The average molecular weight is 399 g/mol. The topological polar surface area (TPSA) is 79.9 Å². The molecule has 2 rings (SSSR count). The maximum atomic E-state index is 12.3. The van der Waals surface area contributed by atoms with E-state index in [-0.39, 0.29) is 11.8 Å². The molecule has 2 aromatic rings. The Hall–Kier alpha value is -2.90. The first-order chi connectivity index (χ1) is 14.1. The van der Waals surface area contributed by atoms with Crippen LogP contribution in [0.15, 0.2) is 48.5 Å². The van der Waals surface area contributed by atoms with Gasteiger partial charge in [-0.3, -0.25) is 14.4 Å². The third-order valence-electron chi connectivity index (χ3n) is 4.54. The van der Waals surface area contributed by atoms with Gasteiger partial charge in [-0.2, -0.15) is 0 Å². The molecule has 0 radical (unpaired) electrons. The van der Waals surface area contributed by atoms with Crippen LogP contribution in [-0.2, 0) is 4.84 Å². The molecule has 0 aliphatic carbocycles. The van der Waals surface area contributed by atoms with E-state index in [0.717, 1.165) is 26.1 Å². The highest BCUT2D eigenvalue weighted by atomic mass is 16.6. The van der Waals surface area contributed by atoms with Crippen molar-refractivity contribution in [2.45, 2.75) is 20.3 Å². The standard InChI is InChI=1S/C22H29N3O4/c1-4-25(5-2)15-6-16-29-24-22(27)18-7-11-19(12-8-18)23-21(26)17-9-13-20(28-3)14-10-17/h7-14H,4-6,15-16H2,1-3H3,(H,23,26)(H,24,27). The smallest absolute Gasteiger partial charge is 0.274 e. The number of carbonyl (C=O) groups is 2. The number of ether oxygens (including phenoxy) is 1. The van der Waals surface area contributed by atoms with E-state index < -0.39 is 0 Å². The Kier molecular flexibility index (Phi) is 9.14. The van der Waals surface area contributed by atoms with Gasteiger partial charge in [0.05, 0.1) is 13.7 Å². The van der Waals surface area contributed by atoms with Gasteiger partial charge in [-0.05, 0) is 68.0 Å². The second kappa shape index (κ2) is 11.8. The van der Waals surface area contributed by atoms with Crippen molar-refractivity contribution in [1.29, 1.82) is 0 Å². The molecule has 0 bridgehead atoms. The predicted octanol–water partition coefficient (Wildman–Crippen LogP) is 3.34. The molecule has 156 valence electrons. The SMILES string of the molecule is CCN(CC)CCCONC(=O)c1ccc(NC(=O)c2ccc(OC)cc2)cc1. The average Bonchev–Trinajstić information content (AvgIpc) is 2.76. The van der Waals surface area contributed by atoms with Crippen LogP contribution in [0.2, 0.25) is 0 Å². The van der Waals surface area contributed by atoms with Crippen molar-refractivity contribution in [2.75, 3.05) is 38.7 Å². The van der Waals surface area contributed by atoms with Crippen LogP contribution in [0.3, 0.4) is 0 Å². The number of nitrogens with zero attached hydrogens (tertiary/aromatic N) is 1. The number of hydrogen-bond acceptors (Lipinski definition) is 5. The fourth-order valence-electron chi connectivity index (χ4n) is 2.73. The number of amides is 2. The van der Waals surface area contributed by atoms with E-state index in [0.29, 0.717) is 29.2 Å². The van der Waals surface area contributed by atoms with Crippen molar-refractivity contribution < 1.29 is 19.2 Å². The van der Waals surface area contributed by atoms with Gasteiger partial charge in [0.15, 0.2) is 0 Å². The van der Waals surface area contributed by atoms with Crippen LogP contribution in [0.1, 0.15) is 41.0 Å². The molecule has 2 aromatic carbocycles. The molecule has 0 heterocycles. The van der Waals surface area contributed by atoms with Gasteiger partial charge in [0.25, 0.3) is 11.8 Å². The zero-order valence-electron chi connectivity index (χ0n) is 17.2. The molecule has 0 saturated heterocycles. The van der Waals surface area contributed by atoms with Gasteiger partial charge in [-0.15, -0.1) is 0 Å². The summed E-state index contributed by atoms with van der Waals surface area (Å²) in [5.41, 5.74) is 4.02. The Morgan fingerprint density at radius 3 is 2.07 bits per heavy atom. The van der Waals surface area contributed by atoms with Gasteiger partial charge in [-0.25, -0.2) is 5.48 Å². The summed E-state index contributed by atoms with van der Waals surface area (Å²) in [6, 6.07) is 13.5. The van der Waals surface area contributed by atoms with Crippen molar-refractivity contribution in [1.82, 2.24) is 10.4 Å². The second-order valence-corrected chi connectivity index (χ2v) is 6.42. The molecule has 7 nitrogen and oxygen atoms in total. The minimum Gasteiger partial charge on any atom is -0.497 e. The van der Waals surface area contributed by atoms with Crippen LogP contribution < -0.4 is 15.5 Å². The maximum Gasteiger partial charge on any atom is 0.274 e. The van der Waals surface area contributed by atoms with Crippen LogP contribution >= 0.6 is 0 Å². The zero-order valence-corrected chi connectivity index (χ0v) is 17.2. The van der Waals surface area contributed by atoms with Crippen molar-refractivity contribution in [3.8, 4) is 5.75 Å². The van der Waals surface area contributed by atoms with E-state index in [1.54, 1.807) is 55.6 Å². The summed E-state index contributed by atoms with van der Waals surface area (Å²) in [5, 5.41) is 2.80. The molecular formula is C22H29N3O4. The molecule has 0 atom stereocenters. The van der Waals surface area contributed by atoms with E-state index in [2.05, 4.69) is 29.5 Å². The first kappa shape index (κ1) is 22.4. The fourth-order valence-corrected chi connectivity index (χ4v) is 2.73. The molecule has 0 saturated carbocycles. The van der Waals surface area contributed by atoms with E-state index in [1.165, 1.54) is 0 Å². The van der Waals surface area contributed by atoms with Gasteiger partial charge in [0.1, 0.15) is 5.75 Å². The Morgan fingerprint density at radius 1 is 0.897 bits per heavy atom. The minimum atomic E-state index is -0.319. The highest BCUT2D eigenvalue weighted by Gasteiger charge is 2.09. The summed E-state index contributed by atoms with van der Waals surface area (Å²) >= 11 is 0. The van der Waals surface area contributed by atoms with Crippen molar-refractivity contribution in [2.24, 2.45) is 0 Å². The molecule has 0 spiro atoms. The molecule has 2 amide bonds. The monoisotopic (exact) mass is 399 g/mol. The largest absolute Gasteiger partial charge is 0.497 e. The van der Waals surface area contributed by atoms with Crippen molar-refractivity contribution in [3.05, 3.63) is 59.7 Å². The Balaban J connectivity index is 1.78. The normalized spacial score (nSPS) is 10.6. The van der Waals surface area contributed by atoms with Crippen LogP contribution in [0, 0.1) is 0 Å². The van der Waals surface area contributed by atoms with E-state index in [4.69, 9.17) is 9.57 Å². The minimum absolute atomic E-state index is 0.235. The molecule has 0 aliphatic heterocycles. The van der Waals surface area contributed by atoms with Crippen LogP contribution in [0.4, 0.5) is 5.69 Å². The van der Waals surface area contributed by atoms with Crippen LogP contribution in [0.25, 0.3) is 0 Å². The summed E-state index contributed by atoms with van der Waals surface area (Å²) in [6.07, 6.45) is 0.846. The number of carbonyl (C=O) groups excluding carboxylic acids is 2. The summed E-state index contributed by atoms with van der Waals surface area (Å²) < 4.78 is 5.08. The number of anilines is 1. The molecule has 29 heavy (non-hydrogen) atoms. The molecule has 0 aromatic heterocycles. The Morgan fingerprint density at radius 2 is 1.48 bits per heavy atom. The number of hydroxylamine groups is 1. The lowest BCUT2D eigenvalue weighted by Gasteiger charge is -2.17. The number of hydrogen-bond donors (Lipinski definition) is 2. The van der Waals surface area contributed by atoms with E-state index >= 15 is 0 Å². The predicted molar refractivity (Wildman–Crippen MR) is 113 cm³/mol. The van der Waals surface area contributed by atoms with Gasteiger partial charge in [0, 0.05) is 23.4 Å². The molecule has 0 unspecified atom stereocenters. The summed E-state index contributed by atoms with van der Waals surface area (Å²) in [7, 11) is 1.57. The van der Waals surface area contributed by atoms with Gasteiger partial charge in [0.2, 0.25) is 0 Å². The lowest BCUT2D eigenvalue weighted by Crippen LogP contribution is -2.28. The van der Waals surface area contributed by atoms with Crippen LogP contribution in [-0.4, -0.2) is 50.1 Å². The highest BCUT2D eigenvalue weighted by molar-refractivity contribution is 6.04. The Labute approximate surface area is 172 Å². The van der Waals surface area contributed by atoms with Gasteiger partial charge >= 0.3 is 0 Å². The molecule has 2 N–H and O–H groups in total. The lowest BCUT2D eigenvalue weighted by molar-refractivity contribution is 0.0280. The summed E-state index contributed by atoms with van der Waals surface area (Å²) in [5.74, 6) is 0.134. The number of methoxy groups -OCH3 is 1. The molecular weight excluding hydrogens is 370 g/mol. The summed E-state index contributed by atoms with van der Waals surface area (Å²) in [4.78, 5) is 31.9. The van der Waals surface area contributed by atoms with E-state index in [9.17, 15) is 9.59 Å². The van der Waals surface area contributed by atoms with Crippen LogP contribution in [0.5, 0.6) is 5.75 Å². The molecule has 0 aliphatic rings. The Bertz CT molecular complexity index is 772. The number of nitrogens with one attached hydrogen (secondary N) is 2. The first-order valence-electron chi connectivity index (χ1n) is 9.77. The van der Waals surface area contributed by atoms with Gasteiger partial charge < -0.3 is 15.0 Å². The first-order valence-corrected chi connectivity index (χ1v) is 9.77. The second-order valence-electron chi connectivity index (χ2n) is 6.42. The maximum absolute atomic E-state index is 12.3. The van der Waals surface area contributed by atoms with Crippen molar-refractivity contribution >= 4 is 17.5 Å². The third kappa shape index (κ3) is 7.21. The zero-order chi connectivity index (χ0) is 21.1. The number of benzene rings is 2. The highest BCUT2D eigenvalue weighted by Crippen LogP contribution is 2.14. The van der Waals surface area contributed by atoms with Crippen molar-refractivity contribution in [3.63, 3.8) is 0 Å². The van der Waals surface area contributed by atoms with E-state index in [1.807, 2.05) is 0 Å². The molecule has 0 fully saturated rings. The third-order valence-corrected chi connectivity index (χ3v) is 4.54. The summed E-state index contributed by atoms with van der Waals surface area (Å²) in [6.45, 7) is 7.64. The molecule has 7 heteroatoms.